The van der Waals surface area contributed by atoms with Gasteiger partial charge in [0.1, 0.15) is 4.88 Å². The van der Waals surface area contributed by atoms with Crippen molar-refractivity contribution in [1.29, 1.82) is 0 Å². The fourth-order valence-electron chi connectivity index (χ4n) is 4.14. The van der Waals surface area contributed by atoms with Crippen LogP contribution in [0.25, 0.3) is 10.1 Å². The van der Waals surface area contributed by atoms with Crippen LogP contribution in [0.15, 0.2) is 24.5 Å². The van der Waals surface area contributed by atoms with Gasteiger partial charge in [-0.15, -0.1) is 22.7 Å². The molecule has 2 amide bonds. The number of fused-ring (bicyclic) bond motifs is 1. The molecule has 3 aromatic rings. The molecule has 1 fully saturated rings. The average molecular weight is 457 g/mol. The fraction of sp³-hybridized carbons (Fsp3) is 0.478. The van der Waals surface area contributed by atoms with Crippen LogP contribution < -0.4 is 5.32 Å². The van der Waals surface area contributed by atoms with Crippen LogP contribution in [0.3, 0.4) is 0 Å². The molecule has 4 heterocycles. The number of thiazole rings is 1. The van der Waals surface area contributed by atoms with Crippen molar-refractivity contribution >= 4 is 44.6 Å². The van der Waals surface area contributed by atoms with Crippen LogP contribution in [0.4, 0.5) is 0 Å². The molecule has 164 valence electrons. The highest BCUT2D eigenvalue weighted by molar-refractivity contribution is 7.20. The van der Waals surface area contributed by atoms with E-state index in [0.29, 0.717) is 12.5 Å². The molecule has 0 radical (unpaired) electrons. The number of rotatable bonds is 7. The van der Waals surface area contributed by atoms with Crippen LogP contribution in [0.1, 0.15) is 62.1 Å². The zero-order valence-corrected chi connectivity index (χ0v) is 19.7. The average Bonchev–Trinajstić information content (AvgIpc) is 3.36. The van der Waals surface area contributed by atoms with Gasteiger partial charge in [-0.25, -0.2) is 4.98 Å². The SMILES string of the molecule is Cc1nc(C)c(C(=O)N2CCC(CCCCNC(=O)c3cc4ccncc4s3)CC2)s1. The van der Waals surface area contributed by atoms with Crippen LogP contribution in [-0.2, 0) is 0 Å². The number of aromatic nitrogens is 2. The number of unbranched alkanes of at least 4 members (excludes halogenated alkanes) is 1. The quantitative estimate of drug-likeness (QED) is 0.517. The van der Waals surface area contributed by atoms with Gasteiger partial charge in [-0.05, 0) is 56.5 Å². The first-order valence-electron chi connectivity index (χ1n) is 10.9. The van der Waals surface area contributed by atoms with Crippen molar-refractivity contribution in [3.8, 4) is 0 Å². The lowest BCUT2D eigenvalue weighted by Crippen LogP contribution is -2.38. The van der Waals surface area contributed by atoms with Crippen molar-refractivity contribution in [2.75, 3.05) is 19.6 Å². The minimum Gasteiger partial charge on any atom is -0.351 e. The smallest absolute Gasteiger partial charge is 0.265 e. The van der Waals surface area contributed by atoms with Crippen molar-refractivity contribution in [2.24, 2.45) is 5.92 Å². The molecule has 31 heavy (non-hydrogen) atoms. The summed E-state index contributed by atoms with van der Waals surface area (Å²) in [5, 5.41) is 5.05. The Hall–Kier alpha value is -2.32. The second-order valence-corrected chi connectivity index (χ2v) is 10.4. The zero-order valence-electron chi connectivity index (χ0n) is 18.0. The Labute approximate surface area is 190 Å². The number of amides is 2. The number of likely N-dealkylation sites (tertiary alicyclic amines) is 1. The molecule has 0 atom stereocenters. The largest absolute Gasteiger partial charge is 0.351 e. The third-order valence-corrected chi connectivity index (χ3v) is 8.02. The van der Waals surface area contributed by atoms with Crippen molar-refractivity contribution in [1.82, 2.24) is 20.2 Å². The van der Waals surface area contributed by atoms with Gasteiger partial charge in [-0.1, -0.05) is 12.8 Å². The second-order valence-electron chi connectivity index (χ2n) is 8.16. The summed E-state index contributed by atoms with van der Waals surface area (Å²) >= 11 is 2.98. The van der Waals surface area contributed by atoms with Gasteiger partial charge in [0.05, 0.1) is 20.3 Å². The molecule has 4 rings (SSSR count). The van der Waals surface area contributed by atoms with Crippen LogP contribution in [-0.4, -0.2) is 46.3 Å². The molecule has 0 aliphatic carbocycles. The summed E-state index contributed by atoms with van der Waals surface area (Å²) in [5.74, 6) is 0.807. The molecule has 0 aromatic carbocycles. The molecule has 1 aliphatic heterocycles. The maximum absolute atomic E-state index is 12.7. The van der Waals surface area contributed by atoms with E-state index in [2.05, 4.69) is 15.3 Å². The topological polar surface area (TPSA) is 75.2 Å². The predicted octanol–water partition coefficient (Wildman–Crippen LogP) is 4.82. The molecule has 0 spiro atoms. The Bertz CT molecular complexity index is 1030. The summed E-state index contributed by atoms with van der Waals surface area (Å²) in [7, 11) is 0. The van der Waals surface area contributed by atoms with Gasteiger partial charge in [0, 0.05) is 32.0 Å². The minimum atomic E-state index is 0.00150. The lowest BCUT2D eigenvalue weighted by Gasteiger charge is -2.32. The summed E-state index contributed by atoms with van der Waals surface area (Å²) < 4.78 is 1.04. The molecular formula is C23H28N4O2S2. The lowest BCUT2D eigenvalue weighted by molar-refractivity contribution is 0.0689. The first-order chi connectivity index (χ1) is 15.0. The third-order valence-electron chi connectivity index (χ3n) is 5.87. The molecule has 1 aliphatic rings. The van der Waals surface area contributed by atoms with Crippen LogP contribution in [0.5, 0.6) is 0 Å². The van der Waals surface area contributed by atoms with Crippen LogP contribution in [0.2, 0.25) is 0 Å². The summed E-state index contributed by atoms with van der Waals surface area (Å²) in [6.07, 6.45) is 8.91. The molecule has 0 saturated carbocycles. The lowest BCUT2D eigenvalue weighted by atomic mass is 9.91. The Kier molecular flexibility index (Phi) is 6.97. The van der Waals surface area contributed by atoms with E-state index in [-0.39, 0.29) is 11.8 Å². The highest BCUT2D eigenvalue weighted by atomic mass is 32.1. The van der Waals surface area contributed by atoms with Gasteiger partial charge in [-0.2, -0.15) is 0 Å². The van der Waals surface area contributed by atoms with Crippen molar-refractivity contribution in [2.45, 2.75) is 46.0 Å². The summed E-state index contributed by atoms with van der Waals surface area (Å²) in [4.78, 5) is 37.1. The van der Waals surface area contributed by atoms with Gasteiger partial charge in [0.15, 0.2) is 0 Å². The van der Waals surface area contributed by atoms with Crippen LogP contribution >= 0.6 is 22.7 Å². The van der Waals surface area contributed by atoms with Crippen LogP contribution in [0, 0.1) is 19.8 Å². The normalized spacial score (nSPS) is 14.8. The Morgan fingerprint density at radius 1 is 1.19 bits per heavy atom. The molecular weight excluding hydrogens is 428 g/mol. The van der Waals surface area contributed by atoms with Crippen molar-refractivity contribution in [3.63, 3.8) is 0 Å². The van der Waals surface area contributed by atoms with E-state index in [1.165, 1.54) is 22.7 Å². The van der Waals surface area contributed by atoms with E-state index in [1.54, 1.807) is 12.4 Å². The first kappa shape index (κ1) is 21.9. The molecule has 1 saturated heterocycles. The zero-order chi connectivity index (χ0) is 21.8. The van der Waals surface area contributed by atoms with Crippen molar-refractivity contribution in [3.05, 3.63) is 45.0 Å². The number of aryl methyl sites for hydroxylation is 2. The predicted molar refractivity (Wildman–Crippen MR) is 126 cm³/mol. The number of carbonyl (C=O) groups is 2. The van der Waals surface area contributed by atoms with E-state index in [9.17, 15) is 9.59 Å². The molecule has 6 nitrogen and oxygen atoms in total. The number of carbonyl (C=O) groups excluding carboxylic acids is 2. The number of hydrogen-bond donors (Lipinski definition) is 1. The van der Waals surface area contributed by atoms with E-state index >= 15 is 0 Å². The molecule has 1 N–H and O–H groups in total. The number of nitrogens with one attached hydrogen (secondary N) is 1. The monoisotopic (exact) mass is 456 g/mol. The first-order valence-corrected chi connectivity index (χ1v) is 12.5. The Morgan fingerprint density at radius 3 is 2.71 bits per heavy atom. The molecule has 3 aromatic heterocycles. The maximum Gasteiger partial charge on any atom is 0.265 e. The number of piperidine rings is 1. The molecule has 0 bridgehead atoms. The van der Waals surface area contributed by atoms with Gasteiger partial charge in [0.25, 0.3) is 11.8 Å². The fourth-order valence-corrected chi connectivity index (χ4v) is 5.98. The van der Waals surface area contributed by atoms with Gasteiger partial charge in [0.2, 0.25) is 0 Å². The summed E-state index contributed by atoms with van der Waals surface area (Å²) in [6, 6.07) is 3.86. The Balaban J connectivity index is 1.14. The number of hydrogen-bond acceptors (Lipinski definition) is 6. The van der Waals surface area contributed by atoms with Gasteiger partial charge >= 0.3 is 0 Å². The van der Waals surface area contributed by atoms with E-state index in [1.807, 2.05) is 30.9 Å². The highest BCUT2D eigenvalue weighted by Gasteiger charge is 2.25. The molecule has 8 heteroatoms. The van der Waals surface area contributed by atoms with E-state index in [4.69, 9.17) is 0 Å². The maximum atomic E-state index is 12.7. The van der Waals surface area contributed by atoms with Crippen molar-refractivity contribution < 1.29 is 9.59 Å². The van der Waals surface area contributed by atoms with Gasteiger partial charge < -0.3 is 10.2 Å². The number of pyridine rings is 1. The summed E-state index contributed by atoms with van der Waals surface area (Å²) in [5.41, 5.74) is 0.851. The standard InChI is InChI=1S/C23H28N4O2S2/c1-15-21(30-16(2)26-15)23(29)27-11-7-17(8-12-27)5-3-4-9-25-22(28)19-13-18-6-10-24-14-20(18)31-19/h6,10,13-14,17H,3-5,7-9,11-12H2,1-2H3,(H,25,28). The van der Waals surface area contributed by atoms with E-state index < -0.39 is 0 Å². The highest BCUT2D eigenvalue weighted by Crippen LogP contribution is 2.26. The second kappa shape index (κ2) is 9.87. The third kappa shape index (κ3) is 5.30. The number of thiophene rings is 1. The number of nitrogens with zero attached hydrogens (tertiary/aromatic N) is 3. The Morgan fingerprint density at radius 2 is 2.00 bits per heavy atom. The van der Waals surface area contributed by atoms with E-state index in [0.717, 1.165) is 75.7 Å². The minimum absolute atomic E-state index is 0.00150. The molecule has 0 unspecified atom stereocenters. The summed E-state index contributed by atoms with van der Waals surface area (Å²) in [6.45, 7) is 6.23. The van der Waals surface area contributed by atoms with Gasteiger partial charge in [-0.3, -0.25) is 14.6 Å².